The summed E-state index contributed by atoms with van der Waals surface area (Å²) in [6, 6.07) is 0. The van der Waals surface area contributed by atoms with Crippen LogP contribution < -0.4 is 0 Å². The largest absolute Gasteiger partial charge is 0.393 e. The van der Waals surface area contributed by atoms with Gasteiger partial charge in [0.15, 0.2) is 0 Å². The van der Waals surface area contributed by atoms with Gasteiger partial charge in [0.05, 0.1) is 11.7 Å². The Morgan fingerprint density at radius 3 is 2.35 bits per heavy atom. The van der Waals surface area contributed by atoms with Crippen LogP contribution in [-0.4, -0.2) is 21.9 Å². The van der Waals surface area contributed by atoms with Gasteiger partial charge in [-0.1, -0.05) is 13.8 Å². The van der Waals surface area contributed by atoms with E-state index < -0.39 is 5.60 Å². The van der Waals surface area contributed by atoms with Crippen LogP contribution in [0.5, 0.6) is 0 Å². The first-order valence-corrected chi connectivity index (χ1v) is 7.11. The van der Waals surface area contributed by atoms with Crippen LogP contribution in [0.4, 0.5) is 0 Å². The summed E-state index contributed by atoms with van der Waals surface area (Å²) in [6.07, 6.45) is 7.24. The predicted octanol–water partition coefficient (Wildman–Crippen LogP) is 2.87. The Labute approximate surface area is 104 Å². The van der Waals surface area contributed by atoms with Crippen molar-refractivity contribution in [3.05, 3.63) is 0 Å². The van der Waals surface area contributed by atoms with E-state index in [0.717, 1.165) is 38.5 Å². The number of aliphatic hydroxyl groups excluding tert-OH is 1. The van der Waals surface area contributed by atoms with Gasteiger partial charge in [-0.3, -0.25) is 0 Å². The van der Waals surface area contributed by atoms with E-state index in [4.69, 9.17) is 0 Å². The predicted molar refractivity (Wildman–Crippen MR) is 67.6 cm³/mol. The summed E-state index contributed by atoms with van der Waals surface area (Å²) >= 11 is 0. The molecule has 3 rings (SSSR count). The molecule has 0 amide bonds. The molecule has 2 heteroatoms. The SMILES string of the molecule is CC12CC[C@]3(C)C[C@@](C)(O)CC3(CC[C@@H]1O)C2. The van der Waals surface area contributed by atoms with Crippen molar-refractivity contribution in [1.29, 1.82) is 0 Å². The van der Waals surface area contributed by atoms with Gasteiger partial charge >= 0.3 is 0 Å². The molecule has 0 aromatic rings. The summed E-state index contributed by atoms with van der Waals surface area (Å²) in [4.78, 5) is 0. The zero-order chi connectivity index (χ0) is 12.5. The molecule has 3 aliphatic carbocycles. The first-order valence-electron chi connectivity index (χ1n) is 7.11. The Bertz CT molecular complexity index is 351. The maximum Gasteiger partial charge on any atom is 0.0630 e. The molecule has 0 aromatic carbocycles. The Kier molecular flexibility index (Phi) is 2.17. The van der Waals surface area contributed by atoms with Crippen molar-refractivity contribution in [1.82, 2.24) is 0 Å². The highest BCUT2D eigenvalue weighted by Gasteiger charge is 2.65. The number of fused-ring (bicyclic) bond motifs is 1. The van der Waals surface area contributed by atoms with Crippen molar-refractivity contribution >= 4 is 0 Å². The van der Waals surface area contributed by atoms with E-state index in [0.29, 0.717) is 10.8 Å². The highest BCUT2D eigenvalue weighted by atomic mass is 16.3. The first kappa shape index (κ1) is 12.0. The zero-order valence-corrected chi connectivity index (χ0v) is 11.4. The minimum Gasteiger partial charge on any atom is -0.393 e. The van der Waals surface area contributed by atoms with Crippen molar-refractivity contribution < 1.29 is 10.2 Å². The van der Waals surface area contributed by atoms with Crippen LogP contribution in [0.1, 0.15) is 65.7 Å². The third kappa shape index (κ3) is 1.46. The number of hydrogen-bond donors (Lipinski definition) is 2. The summed E-state index contributed by atoms with van der Waals surface area (Å²) in [5, 5.41) is 20.7. The number of rotatable bonds is 0. The first-order chi connectivity index (χ1) is 7.71. The molecule has 98 valence electrons. The molecule has 0 radical (unpaired) electrons. The highest BCUT2D eigenvalue weighted by Crippen LogP contribution is 2.71. The van der Waals surface area contributed by atoms with Crippen LogP contribution in [0.2, 0.25) is 0 Å². The summed E-state index contributed by atoms with van der Waals surface area (Å²) < 4.78 is 0. The van der Waals surface area contributed by atoms with E-state index in [1.807, 2.05) is 6.92 Å². The van der Waals surface area contributed by atoms with E-state index in [9.17, 15) is 10.2 Å². The summed E-state index contributed by atoms with van der Waals surface area (Å²) in [5.41, 5.74) is 0.222. The van der Waals surface area contributed by atoms with Crippen molar-refractivity contribution in [2.45, 2.75) is 77.4 Å². The topological polar surface area (TPSA) is 40.5 Å². The lowest BCUT2D eigenvalue weighted by Crippen LogP contribution is -2.53. The average Bonchev–Trinajstić information content (AvgIpc) is 2.38. The van der Waals surface area contributed by atoms with Crippen molar-refractivity contribution in [2.75, 3.05) is 0 Å². The molecule has 2 N–H and O–H groups in total. The normalized spacial score (nSPS) is 62.3. The van der Waals surface area contributed by atoms with Gasteiger partial charge in [-0.15, -0.1) is 0 Å². The second kappa shape index (κ2) is 3.08. The van der Waals surface area contributed by atoms with E-state index >= 15 is 0 Å². The maximum absolute atomic E-state index is 10.5. The van der Waals surface area contributed by atoms with E-state index in [1.165, 1.54) is 6.42 Å². The molecule has 2 unspecified atom stereocenters. The van der Waals surface area contributed by atoms with Gasteiger partial charge in [0, 0.05) is 0 Å². The highest BCUT2D eigenvalue weighted by molar-refractivity contribution is 5.15. The van der Waals surface area contributed by atoms with E-state index in [-0.39, 0.29) is 11.5 Å². The van der Waals surface area contributed by atoms with Crippen LogP contribution >= 0.6 is 0 Å². The quantitative estimate of drug-likeness (QED) is 0.681. The molecular formula is C15H26O2. The summed E-state index contributed by atoms with van der Waals surface area (Å²) in [6.45, 7) is 6.64. The van der Waals surface area contributed by atoms with Crippen LogP contribution in [-0.2, 0) is 0 Å². The van der Waals surface area contributed by atoms with Crippen molar-refractivity contribution in [2.24, 2.45) is 16.2 Å². The molecule has 3 fully saturated rings. The van der Waals surface area contributed by atoms with Crippen LogP contribution in [0.25, 0.3) is 0 Å². The number of aliphatic hydroxyl groups is 2. The standard InChI is InChI=1S/C15H26O2/c1-12-6-7-13(2)9-14(3,17)10-15(13,8-12)5-4-11(12)16/h11,16-17H,4-10H2,1-3H3/t11-,12?,13+,14+,15?/m0/s1. The minimum atomic E-state index is -0.484. The lowest BCUT2D eigenvalue weighted by molar-refractivity contribution is -0.136. The van der Waals surface area contributed by atoms with Crippen LogP contribution in [0.3, 0.4) is 0 Å². The molecule has 5 atom stereocenters. The summed E-state index contributed by atoms with van der Waals surface area (Å²) in [5.74, 6) is 0. The lowest BCUT2D eigenvalue weighted by Gasteiger charge is -2.59. The maximum atomic E-state index is 10.5. The van der Waals surface area contributed by atoms with Gasteiger partial charge in [-0.25, -0.2) is 0 Å². The molecule has 2 nitrogen and oxygen atoms in total. The molecule has 1 spiro atoms. The third-order valence-electron chi connectivity index (χ3n) is 6.46. The van der Waals surface area contributed by atoms with Gasteiger partial charge in [0.25, 0.3) is 0 Å². The molecule has 0 aromatic heterocycles. The summed E-state index contributed by atoms with van der Waals surface area (Å²) in [7, 11) is 0. The zero-order valence-electron chi connectivity index (χ0n) is 11.4. The average molecular weight is 238 g/mol. The Morgan fingerprint density at radius 2 is 1.65 bits per heavy atom. The fourth-order valence-electron chi connectivity index (χ4n) is 5.61. The molecular weight excluding hydrogens is 212 g/mol. The molecule has 3 aliphatic rings. The second-order valence-corrected chi connectivity index (χ2v) is 8.08. The van der Waals surface area contributed by atoms with Crippen molar-refractivity contribution in [3.8, 4) is 0 Å². The van der Waals surface area contributed by atoms with E-state index in [2.05, 4.69) is 13.8 Å². The fraction of sp³-hybridized carbons (Fsp3) is 1.00. The molecule has 2 bridgehead atoms. The Balaban J connectivity index is 2.00. The smallest absolute Gasteiger partial charge is 0.0630 e. The van der Waals surface area contributed by atoms with Gasteiger partial charge in [-0.2, -0.15) is 0 Å². The van der Waals surface area contributed by atoms with Crippen LogP contribution in [0.15, 0.2) is 0 Å². The second-order valence-electron chi connectivity index (χ2n) is 8.08. The Hall–Kier alpha value is -0.0800. The molecule has 17 heavy (non-hydrogen) atoms. The fourth-order valence-corrected chi connectivity index (χ4v) is 5.61. The van der Waals surface area contributed by atoms with Gasteiger partial charge in [0.2, 0.25) is 0 Å². The molecule has 3 saturated carbocycles. The van der Waals surface area contributed by atoms with Crippen molar-refractivity contribution in [3.63, 3.8) is 0 Å². The van der Waals surface area contributed by atoms with Gasteiger partial charge in [0.1, 0.15) is 0 Å². The van der Waals surface area contributed by atoms with Crippen LogP contribution in [0, 0.1) is 16.2 Å². The third-order valence-corrected chi connectivity index (χ3v) is 6.46. The Morgan fingerprint density at radius 1 is 0.941 bits per heavy atom. The minimum absolute atomic E-state index is 0.109. The lowest BCUT2D eigenvalue weighted by atomic mass is 9.46. The van der Waals surface area contributed by atoms with E-state index in [1.54, 1.807) is 0 Å². The monoisotopic (exact) mass is 238 g/mol. The number of hydrogen-bond acceptors (Lipinski definition) is 2. The van der Waals surface area contributed by atoms with Gasteiger partial charge in [-0.05, 0) is 68.1 Å². The molecule has 0 saturated heterocycles. The molecule has 0 aliphatic heterocycles. The molecule has 0 heterocycles. The van der Waals surface area contributed by atoms with Gasteiger partial charge < -0.3 is 10.2 Å².